The van der Waals surface area contributed by atoms with Crippen LogP contribution in [0, 0.1) is 0 Å². The maximum atomic E-state index is 12.3. The van der Waals surface area contributed by atoms with Crippen molar-refractivity contribution in [3.8, 4) is 0 Å². The smallest absolute Gasteiger partial charge is 0.337 e. The quantitative estimate of drug-likeness (QED) is 0.477. The summed E-state index contributed by atoms with van der Waals surface area (Å²) in [6, 6.07) is 3.90. The van der Waals surface area contributed by atoms with Gasteiger partial charge in [0.05, 0.1) is 16.6 Å². The van der Waals surface area contributed by atoms with Gasteiger partial charge in [-0.15, -0.1) is 0 Å². The highest BCUT2D eigenvalue weighted by molar-refractivity contribution is 7.89. The lowest BCUT2D eigenvalue weighted by molar-refractivity contribution is 0.0697. The predicted molar refractivity (Wildman–Crippen MR) is 87.8 cm³/mol. The van der Waals surface area contributed by atoms with Crippen molar-refractivity contribution in [2.24, 2.45) is 0 Å². The Hall–Kier alpha value is -1.68. The number of ether oxygens (including phenoxy) is 1. The lowest BCUT2D eigenvalue weighted by atomic mass is 10.2. The maximum absolute atomic E-state index is 12.3. The number of benzene rings is 1. The Morgan fingerprint density at radius 2 is 2.17 bits per heavy atom. The Labute approximate surface area is 140 Å². The number of rotatable bonds is 9. The van der Waals surface area contributed by atoms with Crippen molar-refractivity contribution in [2.75, 3.05) is 31.6 Å². The Morgan fingerprint density at radius 3 is 2.79 bits per heavy atom. The number of hydrogen-bond donors (Lipinski definition) is 4. The van der Waals surface area contributed by atoms with Gasteiger partial charge in [0.1, 0.15) is 0 Å². The van der Waals surface area contributed by atoms with Gasteiger partial charge in [-0.1, -0.05) is 0 Å². The molecule has 24 heavy (non-hydrogen) atoms. The molecule has 9 heteroatoms. The molecule has 0 saturated carbocycles. The van der Waals surface area contributed by atoms with Crippen LogP contribution >= 0.6 is 0 Å². The number of sulfonamides is 1. The molecule has 0 radical (unpaired) electrons. The standard InChI is InChI=1S/C15H22N2O6S/c18-7-2-6-16-14-5-4-12(9-13(14)15(19)20)24(21,22)17-10-11-3-1-8-23-11/h4-5,9,11,16-18H,1-3,6-8,10H2,(H,19,20). The van der Waals surface area contributed by atoms with Crippen molar-refractivity contribution in [3.63, 3.8) is 0 Å². The highest BCUT2D eigenvalue weighted by Crippen LogP contribution is 2.21. The summed E-state index contributed by atoms with van der Waals surface area (Å²) in [6.07, 6.45) is 2.03. The molecule has 1 aromatic carbocycles. The van der Waals surface area contributed by atoms with Gasteiger partial charge in [-0.25, -0.2) is 17.9 Å². The van der Waals surface area contributed by atoms with Crippen LogP contribution in [0.3, 0.4) is 0 Å². The van der Waals surface area contributed by atoms with Crippen LogP contribution in [0.25, 0.3) is 0 Å². The molecule has 1 fully saturated rings. The summed E-state index contributed by atoms with van der Waals surface area (Å²) in [5.74, 6) is -1.22. The maximum Gasteiger partial charge on any atom is 0.337 e. The summed E-state index contributed by atoms with van der Waals surface area (Å²) in [4.78, 5) is 11.3. The van der Waals surface area contributed by atoms with Gasteiger partial charge in [0.25, 0.3) is 0 Å². The van der Waals surface area contributed by atoms with Crippen LogP contribution < -0.4 is 10.0 Å². The molecule has 8 nitrogen and oxygen atoms in total. The molecule has 4 N–H and O–H groups in total. The molecule has 1 heterocycles. The first-order valence-electron chi connectivity index (χ1n) is 7.77. The van der Waals surface area contributed by atoms with Crippen molar-refractivity contribution in [3.05, 3.63) is 23.8 Å². The second kappa shape index (κ2) is 8.43. The summed E-state index contributed by atoms with van der Waals surface area (Å²) in [5, 5.41) is 20.9. The lowest BCUT2D eigenvalue weighted by Gasteiger charge is -2.13. The average molecular weight is 358 g/mol. The Kier molecular flexibility index (Phi) is 6.55. The van der Waals surface area contributed by atoms with E-state index >= 15 is 0 Å². The molecule has 1 atom stereocenters. The SMILES string of the molecule is O=C(O)c1cc(S(=O)(=O)NCC2CCCO2)ccc1NCCCO. The Balaban J connectivity index is 2.13. The molecule has 1 saturated heterocycles. The van der Waals surface area contributed by atoms with Crippen molar-refractivity contribution in [1.29, 1.82) is 0 Å². The minimum atomic E-state index is -3.81. The molecule has 1 aromatic rings. The number of carboxylic acids is 1. The third kappa shape index (κ3) is 4.91. The second-order valence-corrected chi connectivity index (χ2v) is 7.27. The molecule has 0 aromatic heterocycles. The van der Waals surface area contributed by atoms with E-state index in [2.05, 4.69) is 10.0 Å². The van der Waals surface area contributed by atoms with Gasteiger partial charge in [0.15, 0.2) is 0 Å². The molecule has 1 aliphatic rings. The van der Waals surface area contributed by atoms with Crippen molar-refractivity contribution in [2.45, 2.75) is 30.3 Å². The highest BCUT2D eigenvalue weighted by Gasteiger charge is 2.22. The van der Waals surface area contributed by atoms with E-state index in [4.69, 9.17) is 9.84 Å². The Bertz CT molecular complexity index is 671. The van der Waals surface area contributed by atoms with E-state index < -0.39 is 16.0 Å². The molecule has 0 spiro atoms. The number of carboxylic acid groups (broad SMARTS) is 1. The van der Waals surface area contributed by atoms with Gasteiger partial charge >= 0.3 is 5.97 Å². The first-order chi connectivity index (χ1) is 11.4. The van der Waals surface area contributed by atoms with Crippen LogP contribution in [0.15, 0.2) is 23.1 Å². The number of carbonyl (C=O) groups is 1. The first-order valence-corrected chi connectivity index (χ1v) is 9.25. The molecule has 2 rings (SSSR count). The van der Waals surface area contributed by atoms with E-state index in [1.165, 1.54) is 12.1 Å². The fourth-order valence-corrected chi connectivity index (χ4v) is 3.51. The van der Waals surface area contributed by atoms with E-state index in [1.807, 2.05) is 0 Å². The van der Waals surface area contributed by atoms with Crippen LogP contribution in [-0.4, -0.2) is 57.0 Å². The third-order valence-corrected chi connectivity index (χ3v) is 5.13. The Morgan fingerprint density at radius 1 is 1.38 bits per heavy atom. The lowest BCUT2D eigenvalue weighted by Crippen LogP contribution is -2.32. The minimum Gasteiger partial charge on any atom is -0.478 e. The van der Waals surface area contributed by atoms with Gasteiger partial charge in [-0.2, -0.15) is 0 Å². The zero-order chi connectivity index (χ0) is 17.6. The summed E-state index contributed by atoms with van der Waals surface area (Å²) >= 11 is 0. The number of hydrogen-bond acceptors (Lipinski definition) is 6. The number of nitrogens with one attached hydrogen (secondary N) is 2. The van der Waals surface area contributed by atoms with Gasteiger partial charge < -0.3 is 20.3 Å². The molecule has 0 aliphatic carbocycles. The number of aromatic carboxylic acids is 1. The molecule has 134 valence electrons. The van der Waals surface area contributed by atoms with E-state index in [0.717, 1.165) is 18.9 Å². The fraction of sp³-hybridized carbons (Fsp3) is 0.533. The van der Waals surface area contributed by atoms with E-state index in [-0.39, 0.29) is 29.7 Å². The first kappa shape index (κ1) is 18.7. The highest BCUT2D eigenvalue weighted by atomic mass is 32.2. The van der Waals surface area contributed by atoms with Crippen LogP contribution in [0.5, 0.6) is 0 Å². The summed E-state index contributed by atoms with van der Waals surface area (Å²) in [6.45, 7) is 1.17. The van der Waals surface area contributed by atoms with E-state index in [0.29, 0.717) is 25.3 Å². The fourth-order valence-electron chi connectivity index (χ4n) is 2.42. The number of aliphatic hydroxyl groups excluding tert-OH is 1. The molecule has 0 amide bonds. The van der Waals surface area contributed by atoms with Crippen LogP contribution in [-0.2, 0) is 14.8 Å². The van der Waals surface area contributed by atoms with Gasteiger partial charge in [-0.3, -0.25) is 0 Å². The monoisotopic (exact) mass is 358 g/mol. The average Bonchev–Trinajstić information content (AvgIpc) is 3.07. The van der Waals surface area contributed by atoms with Crippen LogP contribution in [0.4, 0.5) is 5.69 Å². The molecular formula is C15H22N2O6S. The number of aliphatic hydroxyl groups is 1. The molecular weight excluding hydrogens is 336 g/mol. The second-order valence-electron chi connectivity index (χ2n) is 5.50. The van der Waals surface area contributed by atoms with Crippen molar-refractivity contribution < 1.29 is 28.2 Å². The van der Waals surface area contributed by atoms with E-state index in [9.17, 15) is 18.3 Å². The van der Waals surface area contributed by atoms with Gasteiger partial charge in [-0.05, 0) is 37.5 Å². The van der Waals surface area contributed by atoms with Crippen molar-refractivity contribution in [1.82, 2.24) is 4.72 Å². The minimum absolute atomic E-state index is 0.0188. The molecule has 1 unspecified atom stereocenters. The zero-order valence-corrected chi connectivity index (χ0v) is 14.0. The zero-order valence-electron chi connectivity index (χ0n) is 13.2. The normalized spacial score (nSPS) is 17.8. The summed E-state index contributed by atoms with van der Waals surface area (Å²) < 4.78 is 32.5. The molecule has 0 bridgehead atoms. The van der Waals surface area contributed by atoms with Crippen LogP contribution in [0.2, 0.25) is 0 Å². The van der Waals surface area contributed by atoms with Gasteiger partial charge in [0.2, 0.25) is 10.0 Å². The number of anilines is 1. The molecule has 1 aliphatic heterocycles. The van der Waals surface area contributed by atoms with Crippen LogP contribution in [0.1, 0.15) is 29.6 Å². The van der Waals surface area contributed by atoms with E-state index in [1.54, 1.807) is 0 Å². The predicted octanol–water partition coefficient (Wildman–Crippen LogP) is 0.636. The summed E-state index contributed by atoms with van der Waals surface area (Å²) in [7, 11) is -3.81. The topological polar surface area (TPSA) is 125 Å². The summed E-state index contributed by atoms with van der Waals surface area (Å²) in [5.41, 5.74) is 0.182. The largest absolute Gasteiger partial charge is 0.478 e. The third-order valence-electron chi connectivity index (χ3n) is 3.71. The van der Waals surface area contributed by atoms with Gasteiger partial charge in [0, 0.05) is 32.0 Å². The van der Waals surface area contributed by atoms with Crippen molar-refractivity contribution >= 4 is 21.7 Å².